The summed E-state index contributed by atoms with van der Waals surface area (Å²) in [6.45, 7) is 1.49. The zero-order valence-electron chi connectivity index (χ0n) is 8.64. The van der Waals surface area contributed by atoms with Gasteiger partial charge in [0.1, 0.15) is 6.04 Å². The molecule has 0 radical (unpaired) electrons. The average molecular weight is 227 g/mol. The van der Waals surface area contributed by atoms with Crippen LogP contribution in [0.15, 0.2) is 16.8 Å². The molecule has 15 heavy (non-hydrogen) atoms. The van der Waals surface area contributed by atoms with E-state index in [1.807, 2.05) is 16.8 Å². The summed E-state index contributed by atoms with van der Waals surface area (Å²) in [5.74, 6) is -1.17. The molecule has 0 aromatic carbocycles. The molecule has 1 rings (SSSR count). The van der Waals surface area contributed by atoms with Crippen LogP contribution in [-0.4, -0.2) is 35.0 Å². The molecule has 4 nitrogen and oxygen atoms in total. The number of rotatable bonds is 4. The Hall–Kier alpha value is -1.36. The Labute approximate surface area is 92.1 Å². The van der Waals surface area contributed by atoms with E-state index in [2.05, 4.69) is 0 Å². The molecule has 0 aliphatic carbocycles. The number of aliphatic carboxylic acids is 1. The first kappa shape index (κ1) is 11.7. The zero-order chi connectivity index (χ0) is 11.4. The van der Waals surface area contributed by atoms with Crippen molar-refractivity contribution in [2.75, 3.05) is 7.05 Å². The van der Waals surface area contributed by atoms with Crippen LogP contribution in [0.25, 0.3) is 0 Å². The van der Waals surface area contributed by atoms with Crippen LogP contribution in [0, 0.1) is 0 Å². The van der Waals surface area contributed by atoms with Crippen molar-refractivity contribution in [2.45, 2.75) is 19.4 Å². The molecule has 5 heteroatoms. The van der Waals surface area contributed by atoms with Crippen LogP contribution >= 0.6 is 11.3 Å². The SMILES string of the molecule is C[C@@H](C(=O)O)N(C)C(=O)Cc1ccsc1. The third-order valence-electron chi connectivity index (χ3n) is 2.27. The minimum Gasteiger partial charge on any atom is -0.480 e. The number of hydrogen-bond donors (Lipinski definition) is 1. The Bertz CT molecular complexity index is 348. The molecule has 0 spiro atoms. The first-order chi connectivity index (χ1) is 7.02. The van der Waals surface area contributed by atoms with Crippen molar-refractivity contribution in [1.29, 1.82) is 0 Å². The third kappa shape index (κ3) is 3.06. The molecule has 1 heterocycles. The van der Waals surface area contributed by atoms with E-state index in [9.17, 15) is 9.59 Å². The van der Waals surface area contributed by atoms with Crippen LogP contribution in [-0.2, 0) is 16.0 Å². The molecule has 1 N–H and O–H groups in total. The Balaban J connectivity index is 2.57. The number of carboxylic acids is 1. The van der Waals surface area contributed by atoms with Crippen molar-refractivity contribution in [1.82, 2.24) is 4.90 Å². The summed E-state index contributed by atoms with van der Waals surface area (Å²) < 4.78 is 0. The van der Waals surface area contributed by atoms with Crippen molar-refractivity contribution in [3.8, 4) is 0 Å². The normalized spacial score (nSPS) is 12.1. The van der Waals surface area contributed by atoms with Crippen LogP contribution in [0.1, 0.15) is 12.5 Å². The average Bonchev–Trinajstić information content (AvgIpc) is 2.67. The van der Waals surface area contributed by atoms with Gasteiger partial charge in [-0.2, -0.15) is 11.3 Å². The van der Waals surface area contributed by atoms with Gasteiger partial charge in [0.2, 0.25) is 5.91 Å². The lowest BCUT2D eigenvalue weighted by Crippen LogP contribution is -2.40. The molecule has 0 saturated carbocycles. The highest BCUT2D eigenvalue weighted by Gasteiger charge is 2.21. The summed E-state index contributed by atoms with van der Waals surface area (Å²) in [5, 5.41) is 12.5. The Morgan fingerprint density at radius 1 is 1.60 bits per heavy atom. The molecule has 1 aromatic rings. The lowest BCUT2D eigenvalue weighted by Gasteiger charge is -2.21. The summed E-state index contributed by atoms with van der Waals surface area (Å²) in [4.78, 5) is 23.5. The zero-order valence-corrected chi connectivity index (χ0v) is 9.45. The highest BCUT2D eigenvalue weighted by Crippen LogP contribution is 2.09. The van der Waals surface area contributed by atoms with Crippen molar-refractivity contribution in [3.05, 3.63) is 22.4 Å². The molecule has 1 aromatic heterocycles. The first-order valence-corrected chi connectivity index (χ1v) is 5.46. The largest absolute Gasteiger partial charge is 0.480 e. The van der Waals surface area contributed by atoms with Gasteiger partial charge in [0.25, 0.3) is 0 Å². The highest BCUT2D eigenvalue weighted by atomic mass is 32.1. The van der Waals surface area contributed by atoms with Crippen molar-refractivity contribution < 1.29 is 14.7 Å². The fraction of sp³-hybridized carbons (Fsp3) is 0.400. The van der Waals surface area contributed by atoms with Gasteiger partial charge >= 0.3 is 5.97 Å². The van der Waals surface area contributed by atoms with E-state index in [4.69, 9.17) is 5.11 Å². The molecule has 1 amide bonds. The predicted octanol–water partition coefficient (Wildman–Crippen LogP) is 1.22. The summed E-state index contributed by atoms with van der Waals surface area (Å²) in [6, 6.07) is 1.08. The standard InChI is InChI=1S/C10H13NO3S/c1-7(10(13)14)11(2)9(12)5-8-3-4-15-6-8/h3-4,6-7H,5H2,1-2H3,(H,13,14)/t7-/m0/s1. The second-order valence-corrected chi connectivity index (χ2v) is 4.11. The third-order valence-corrected chi connectivity index (χ3v) is 3.00. The molecule has 0 unspecified atom stereocenters. The van der Waals surface area contributed by atoms with Gasteiger partial charge in [0, 0.05) is 7.05 Å². The smallest absolute Gasteiger partial charge is 0.326 e. The second kappa shape index (κ2) is 4.93. The van der Waals surface area contributed by atoms with Crippen LogP contribution in [0.2, 0.25) is 0 Å². The topological polar surface area (TPSA) is 57.6 Å². The van der Waals surface area contributed by atoms with Crippen molar-refractivity contribution >= 4 is 23.2 Å². The Morgan fingerprint density at radius 3 is 2.73 bits per heavy atom. The van der Waals surface area contributed by atoms with Crippen LogP contribution in [0.3, 0.4) is 0 Å². The minimum absolute atomic E-state index is 0.177. The molecule has 0 aliphatic rings. The highest BCUT2D eigenvalue weighted by molar-refractivity contribution is 7.07. The second-order valence-electron chi connectivity index (χ2n) is 3.33. The van der Waals surface area contributed by atoms with Gasteiger partial charge in [0.15, 0.2) is 0 Å². The number of carboxylic acid groups (broad SMARTS) is 1. The van der Waals surface area contributed by atoms with Crippen LogP contribution < -0.4 is 0 Å². The number of likely N-dealkylation sites (N-methyl/N-ethyl adjacent to an activating group) is 1. The maximum absolute atomic E-state index is 11.6. The fourth-order valence-corrected chi connectivity index (χ4v) is 1.74. The first-order valence-electron chi connectivity index (χ1n) is 4.52. The van der Waals surface area contributed by atoms with Gasteiger partial charge in [-0.05, 0) is 29.3 Å². The Morgan fingerprint density at radius 2 is 2.27 bits per heavy atom. The van der Waals surface area contributed by atoms with Crippen molar-refractivity contribution in [3.63, 3.8) is 0 Å². The Kier molecular flexibility index (Phi) is 3.85. The summed E-state index contributed by atoms with van der Waals surface area (Å²) >= 11 is 1.52. The number of amides is 1. The molecule has 0 fully saturated rings. The lowest BCUT2D eigenvalue weighted by atomic mass is 10.2. The van der Waals surface area contributed by atoms with E-state index in [0.717, 1.165) is 5.56 Å². The molecular formula is C10H13NO3S. The van der Waals surface area contributed by atoms with Gasteiger partial charge in [-0.15, -0.1) is 0 Å². The van der Waals surface area contributed by atoms with E-state index < -0.39 is 12.0 Å². The maximum atomic E-state index is 11.6. The fourth-order valence-electron chi connectivity index (χ4n) is 1.07. The maximum Gasteiger partial charge on any atom is 0.326 e. The number of hydrogen-bond acceptors (Lipinski definition) is 3. The van der Waals surface area contributed by atoms with Crippen LogP contribution in [0.5, 0.6) is 0 Å². The van der Waals surface area contributed by atoms with Gasteiger partial charge in [-0.3, -0.25) is 4.79 Å². The molecule has 0 aliphatic heterocycles. The number of nitrogens with zero attached hydrogens (tertiary/aromatic N) is 1. The quantitative estimate of drug-likeness (QED) is 0.841. The van der Waals surface area contributed by atoms with Gasteiger partial charge < -0.3 is 10.0 Å². The number of carbonyl (C=O) groups is 2. The van der Waals surface area contributed by atoms with Crippen LogP contribution in [0.4, 0.5) is 0 Å². The van der Waals surface area contributed by atoms with Crippen molar-refractivity contribution in [2.24, 2.45) is 0 Å². The monoisotopic (exact) mass is 227 g/mol. The number of carbonyl (C=O) groups excluding carboxylic acids is 1. The summed E-state index contributed by atoms with van der Waals surface area (Å²) in [6.07, 6.45) is 0.262. The van der Waals surface area contributed by atoms with Gasteiger partial charge in [-0.1, -0.05) is 0 Å². The van der Waals surface area contributed by atoms with E-state index in [1.54, 1.807) is 0 Å². The van der Waals surface area contributed by atoms with E-state index in [1.165, 1.54) is 30.2 Å². The summed E-state index contributed by atoms with van der Waals surface area (Å²) in [5.41, 5.74) is 0.925. The lowest BCUT2D eigenvalue weighted by molar-refractivity contribution is -0.147. The van der Waals surface area contributed by atoms with Gasteiger partial charge in [-0.25, -0.2) is 4.79 Å². The van der Waals surface area contributed by atoms with E-state index in [0.29, 0.717) is 0 Å². The molecule has 0 bridgehead atoms. The summed E-state index contributed by atoms with van der Waals surface area (Å²) in [7, 11) is 1.51. The van der Waals surface area contributed by atoms with Gasteiger partial charge in [0.05, 0.1) is 6.42 Å². The molecular weight excluding hydrogens is 214 g/mol. The molecule has 1 atom stereocenters. The number of thiophene rings is 1. The molecule has 82 valence electrons. The minimum atomic E-state index is -0.990. The van der Waals surface area contributed by atoms with E-state index in [-0.39, 0.29) is 12.3 Å². The molecule has 0 saturated heterocycles. The van der Waals surface area contributed by atoms with E-state index >= 15 is 0 Å². The predicted molar refractivity (Wildman–Crippen MR) is 57.9 cm³/mol.